The van der Waals surface area contributed by atoms with Crippen molar-refractivity contribution >= 4 is 28.6 Å². The zero-order valence-electron chi connectivity index (χ0n) is 11.2. The summed E-state index contributed by atoms with van der Waals surface area (Å²) in [5.41, 5.74) is 0. The Morgan fingerprint density at radius 1 is 1.69 bits per heavy atom. The number of esters is 1. The van der Waals surface area contributed by atoms with E-state index in [1.165, 1.54) is 6.92 Å². The molecule has 0 aliphatic carbocycles. The monoisotopic (exact) mass is 301 g/mol. The van der Waals surface area contributed by atoms with Crippen LogP contribution in [0.1, 0.15) is 50.0 Å². The Bertz CT molecular complexity index is 232. The lowest BCUT2D eigenvalue weighted by Crippen LogP contribution is -2.14. The SMILES string of the molecule is [2H]C([2H])(CCCI)[C@@]([2H])(C)OC(=O)CCC. The van der Waals surface area contributed by atoms with E-state index >= 15 is 0 Å². The first-order valence-electron chi connectivity index (χ1n) is 6.04. The molecule has 0 unspecified atom stereocenters. The minimum Gasteiger partial charge on any atom is -0.463 e. The second-order valence-corrected chi connectivity index (χ2v) is 3.83. The highest BCUT2D eigenvalue weighted by molar-refractivity contribution is 14.1. The van der Waals surface area contributed by atoms with Crippen molar-refractivity contribution in [2.45, 2.75) is 52.0 Å². The summed E-state index contributed by atoms with van der Waals surface area (Å²) in [6.07, 6.45) is -1.82. The molecule has 0 rings (SSSR count). The summed E-state index contributed by atoms with van der Waals surface area (Å²) >= 11 is 2.16. The fourth-order valence-corrected chi connectivity index (χ4v) is 1.17. The summed E-state index contributed by atoms with van der Waals surface area (Å²) in [4.78, 5) is 11.3. The zero-order valence-corrected chi connectivity index (χ0v) is 10.4. The molecule has 2 nitrogen and oxygen atoms in total. The fourth-order valence-electron chi connectivity index (χ4n) is 0.793. The minimum absolute atomic E-state index is 0.231. The van der Waals surface area contributed by atoms with Crippen molar-refractivity contribution in [3.63, 3.8) is 0 Å². The third-order valence-corrected chi connectivity index (χ3v) is 2.17. The first-order valence-corrected chi connectivity index (χ1v) is 6.07. The maximum Gasteiger partial charge on any atom is 0.306 e. The Hall–Kier alpha value is 0.200. The van der Waals surface area contributed by atoms with Crippen LogP contribution in [0.4, 0.5) is 0 Å². The third kappa shape index (κ3) is 8.53. The second-order valence-electron chi connectivity index (χ2n) is 2.75. The van der Waals surface area contributed by atoms with Crippen molar-refractivity contribution in [3.8, 4) is 0 Å². The summed E-state index contributed by atoms with van der Waals surface area (Å²) in [6.45, 7) is 3.15. The van der Waals surface area contributed by atoms with E-state index in [0.717, 1.165) is 4.43 Å². The number of halogens is 1. The van der Waals surface area contributed by atoms with Crippen molar-refractivity contribution in [1.29, 1.82) is 0 Å². The van der Waals surface area contributed by atoms with Gasteiger partial charge in [0.15, 0.2) is 0 Å². The second kappa shape index (κ2) is 8.78. The molecule has 0 amide bonds. The molecule has 0 aromatic carbocycles. The van der Waals surface area contributed by atoms with Crippen molar-refractivity contribution in [3.05, 3.63) is 0 Å². The lowest BCUT2D eigenvalue weighted by atomic mass is 10.2. The zero-order chi connectivity index (χ0) is 12.8. The van der Waals surface area contributed by atoms with Crippen LogP contribution in [0.25, 0.3) is 0 Å². The maximum atomic E-state index is 11.3. The van der Waals surface area contributed by atoms with Gasteiger partial charge in [-0.15, -0.1) is 0 Å². The standard InChI is InChI=1S/C10H19IO2/c1-3-6-10(12)13-9(2)7-4-5-8-11/h9H,3-8H2,1-2H3/t9-/m1/s1/i7D2,9D. The van der Waals surface area contributed by atoms with Crippen LogP contribution < -0.4 is 0 Å². The van der Waals surface area contributed by atoms with E-state index in [2.05, 4.69) is 22.6 Å². The van der Waals surface area contributed by atoms with E-state index in [1.807, 2.05) is 6.92 Å². The lowest BCUT2D eigenvalue weighted by molar-refractivity contribution is -0.148. The van der Waals surface area contributed by atoms with Gasteiger partial charge in [0.2, 0.25) is 0 Å². The molecular formula is C10H19IO2. The first-order chi connectivity index (χ1) is 7.27. The van der Waals surface area contributed by atoms with Gasteiger partial charge in [-0.05, 0) is 37.0 Å². The van der Waals surface area contributed by atoms with E-state index in [9.17, 15) is 4.79 Å². The molecule has 0 radical (unpaired) electrons. The van der Waals surface area contributed by atoms with Crippen molar-refractivity contribution < 1.29 is 13.6 Å². The van der Waals surface area contributed by atoms with E-state index in [0.29, 0.717) is 12.8 Å². The molecular weight excluding hydrogens is 279 g/mol. The van der Waals surface area contributed by atoms with Gasteiger partial charge in [-0.1, -0.05) is 29.5 Å². The highest BCUT2D eigenvalue weighted by atomic mass is 127. The summed E-state index contributed by atoms with van der Waals surface area (Å²) in [7, 11) is 0. The van der Waals surface area contributed by atoms with Crippen LogP contribution in [-0.2, 0) is 9.53 Å². The molecule has 0 aromatic heterocycles. The number of alkyl halides is 1. The summed E-state index contributed by atoms with van der Waals surface area (Å²) < 4.78 is 29.0. The van der Waals surface area contributed by atoms with Gasteiger partial charge in [-0.25, -0.2) is 0 Å². The van der Waals surface area contributed by atoms with Crippen LogP contribution in [-0.4, -0.2) is 16.5 Å². The average molecular weight is 301 g/mol. The van der Waals surface area contributed by atoms with Crippen molar-refractivity contribution in [2.24, 2.45) is 0 Å². The Morgan fingerprint density at radius 3 is 2.92 bits per heavy atom. The van der Waals surface area contributed by atoms with Crippen LogP contribution in [0.2, 0.25) is 0 Å². The maximum absolute atomic E-state index is 11.3. The van der Waals surface area contributed by atoms with Gasteiger partial charge in [-0.3, -0.25) is 4.79 Å². The van der Waals surface area contributed by atoms with E-state index in [1.54, 1.807) is 0 Å². The Kier molecular flexibility index (Phi) is 5.75. The fraction of sp³-hybridized carbons (Fsp3) is 0.900. The van der Waals surface area contributed by atoms with Gasteiger partial charge in [0, 0.05) is 9.16 Å². The molecule has 0 aliphatic rings. The summed E-state index contributed by atoms with van der Waals surface area (Å²) in [5.74, 6) is -0.502. The van der Waals surface area contributed by atoms with E-state index in [-0.39, 0.29) is 12.8 Å². The molecule has 78 valence electrons. The number of hydrogen-bond acceptors (Lipinski definition) is 2. The number of rotatable bonds is 7. The Labute approximate surface area is 98.8 Å². The van der Waals surface area contributed by atoms with Gasteiger partial charge < -0.3 is 4.74 Å². The highest BCUT2D eigenvalue weighted by Crippen LogP contribution is 2.07. The van der Waals surface area contributed by atoms with Crippen LogP contribution in [0.3, 0.4) is 0 Å². The Morgan fingerprint density at radius 2 is 2.38 bits per heavy atom. The van der Waals surface area contributed by atoms with E-state index < -0.39 is 18.4 Å². The molecule has 0 heterocycles. The topological polar surface area (TPSA) is 26.3 Å². The molecule has 0 aromatic rings. The molecule has 0 bridgehead atoms. The van der Waals surface area contributed by atoms with Gasteiger partial charge >= 0.3 is 5.97 Å². The number of carbonyl (C=O) groups is 1. The quantitative estimate of drug-likeness (QED) is 0.409. The van der Waals surface area contributed by atoms with Gasteiger partial charge in [0.25, 0.3) is 0 Å². The molecule has 1 atom stereocenters. The average Bonchev–Trinajstić information content (AvgIpc) is 2.14. The van der Waals surface area contributed by atoms with Crippen LogP contribution >= 0.6 is 22.6 Å². The third-order valence-electron chi connectivity index (χ3n) is 1.41. The van der Waals surface area contributed by atoms with E-state index in [4.69, 9.17) is 8.85 Å². The van der Waals surface area contributed by atoms with Gasteiger partial charge in [0.1, 0.15) is 0 Å². The molecule has 13 heavy (non-hydrogen) atoms. The predicted molar refractivity (Wildman–Crippen MR) is 63.2 cm³/mol. The summed E-state index contributed by atoms with van der Waals surface area (Å²) in [6, 6.07) is 0. The molecule has 0 fully saturated rings. The van der Waals surface area contributed by atoms with Gasteiger partial charge in [-0.2, -0.15) is 0 Å². The van der Waals surface area contributed by atoms with Crippen LogP contribution in [0.15, 0.2) is 0 Å². The van der Waals surface area contributed by atoms with Gasteiger partial charge in [0.05, 0.1) is 7.45 Å². The Balaban J connectivity index is 4.43. The summed E-state index contributed by atoms with van der Waals surface area (Å²) in [5, 5.41) is 0. The molecule has 0 spiro atoms. The first kappa shape index (κ1) is 8.50. The predicted octanol–water partition coefficient (Wildman–Crippen LogP) is 3.32. The normalized spacial score (nSPS) is 19.5. The largest absolute Gasteiger partial charge is 0.463 e. The minimum atomic E-state index is -1.80. The van der Waals surface area contributed by atoms with Crippen molar-refractivity contribution in [1.82, 2.24) is 0 Å². The molecule has 0 aliphatic heterocycles. The van der Waals surface area contributed by atoms with Crippen LogP contribution in [0.5, 0.6) is 0 Å². The smallest absolute Gasteiger partial charge is 0.306 e. The highest BCUT2D eigenvalue weighted by Gasteiger charge is 2.07. The molecule has 0 N–H and O–H groups in total. The molecule has 0 saturated carbocycles. The van der Waals surface area contributed by atoms with Crippen LogP contribution in [0, 0.1) is 0 Å². The number of carbonyl (C=O) groups excluding carboxylic acids is 1. The molecule has 0 saturated heterocycles. The lowest BCUT2D eigenvalue weighted by Gasteiger charge is -2.12. The number of hydrogen-bond donors (Lipinski definition) is 0. The number of ether oxygens (including phenoxy) is 1. The molecule has 3 heteroatoms. The van der Waals surface area contributed by atoms with Crippen molar-refractivity contribution in [2.75, 3.05) is 4.43 Å².